The number of imide groups is 1. The number of fused-ring (bicyclic) bond motifs is 1. The molecule has 0 aliphatic carbocycles. The summed E-state index contributed by atoms with van der Waals surface area (Å²) in [5, 5.41) is 11.0. The van der Waals surface area contributed by atoms with Gasteiger partial charge in [-0.15, -0.1) is 0 Å². The third kappa shape index (κ3) is 3.21. The summed E-state index contributed by atoms with van der Waals surface area (Å²) in [6, 6.07) is 12.5. The van der Waals surface area contributed by atoms with Crippen LogP contribution in [0, 0.1) is 6.92 Å². The van der Waals surface area contributed by atoms with Crippen LogP contribution in [-0.2, 0) is 6.42 Å². The lowest BCUT2D eigenvalue weighted by molar-refractivity contribution is 0.0534. The van der Waals surface area contributed by atoms with Crippen molar-refractivity contribution in [2.24, 2.45) is 0 Å². The van der Waals surface area contributed by atoms with Gasteiger partial charge in [0.15, 0.2) is 0 Å². The smallest absolute Gasteiger partial charge is 0.261 e. The SMILES string of the molecule is Cc1cc(CCC(O)CN2C(=O)c3ccccc3C2=O)ccc1Cl. The van der Waals surface area contributed by atoms with Gasteiger partial charge < -0.3 is 5.11 Å². The number of nitrogens with zero attached hydrogens (tertiary/aromatic N) is 1. The van der Waals surface area contributed by atoms with Crippen LogP contribution >= 0.6 is 11.6 Å². The predicted molar refractivity (Wildman–Crippen MR) is 92.3 cm³/mol. The van der Waals surface area contributed by atoms with Crippen molar-refractivity contribution in [1.82, 2.24) is 4.90 Å². The summed E-state index contributed by atoms with van der Waals surface area (Å²) < 4.78 is 0. The molecule has 0 saturated heterocycles. The summed E-state index contributed by atoms with van der Waals surface area (Å²) in [6.07, 6.45) is 0.361. The Kier molecular flexibility index (Phi) is 4.69. The lowest BCUT2D eigenvalue weighted by atomic mass is 10.0. The molecule has 5 heteroatoms. The third-order valence-corrected chi connectivity index (χ3v) is 4.68. The zero-order chi connectivity index (χ0) is 17.3. The number of rotatable bonds is 5. The van der Waals surface area contributed by atoms with Crippen LogP contribution in [0.2, 0.25) is 5.02 Å². The summed E-state index contributed by atoms with van der Waals surface area (Å²) in [6.45, 7) is 1.94. The molecule has 1 aliphatic heterocycles. The number of amides is 2. The topological polar surface area (TPSA) is 57.6 Å². The Labute approximate surface area is 145 Å². The van der Waals surface area contributed by atoms with Gasteiger partial charge in [0, 0.05) is 5.02 Å². The maximum Gasteiger partial charge on any atom is 0.261 e. The molecular weight excluding hydrogens is 326 g/mol. The molecule has 3 rings (SSSR count). The van der Waals surface area contributed by atoms with Gasteiger partial charge in [-0.2, -0.15) is 0 Å². The van der Waals surface area contributed by atoms with Crippen molar-refractivity contribution >= 4 is 23.4 Å². The fourth-order valence-corrected chi connectivity index (χ4v) is 3.02. The molecule has 0 bridgehead atoms. The number of halogens is 1. The Morgan fingerprint density at radius 3 is 2.29 bits per heavy atom. The average Bonchev–Trinajstić information content (AvgIpc) is 2.81. The molecule has 0 spiro atoms. The standard InChI is InChI=1S/C19H18ClNO3/c1-12-10-13(7-9-17(12)20)6-8-14(22)11-21-18(23)15-4-2-3-5-16(15)19(21)24/h2-5,7,9-10,14,22H,6,8,11H2,1H3. The Morgan fingerprint density at radius 1 is 1.08 bits per heavy atom. The molecule has 2 aromatic rings. The zero-order valence-corrected chi connectivity index (χ0v) is 14.1. The van der Waals surface area contributed by atoms with Crippen LogP contribution in [0.25, 0.3) is 0 Å². The second kappa shape index (κ2) is 6.75. The molecule has 2 aromatic carbocycles. The first-order chi connectivity index (χ1) is 11.5. The average molecular weight is 344 g/mol. The molecule has 0 fully saturated rings. The molecule has 124 valence electrons. The number of aliphatic hydroxyl groups excluding tert-OH is 1. The van der Waals surface area contributed by atoms with Crippen LogP contribution in [0.15, 0.2) is 42.5 Å². The first-order valence-electron chi connectivity index (χ1n) is 7.85. The second-order valence-electron chi connectivity index (χ2n) is 6.04. The zero-order valence-electron chi connectivity index (χ0n) is 13.3. The van der Waals surface area contributed by atoms with Gasteiger partial charge >= 0.3 is 0 Å². The van der Waals surface area contributed by atoms with E-state index < -0.39 is 6.10 Å². The van der Waals surface area contributed by atoms with Crippen LogP contribution in [-0.4, -0.2) is 34.5 Å². The second-order valence-corrected chi connectivity index (χ2v) is 6.45. The van der Waals surface area contributed by atoms with Gasteiger partial charge in [0.1, 0.15) is 0 Å². The third-order valence-electron chi connectivity index (χ3n) is 4.26. The van der Waals surface area contributed by atoms with Crippen molar-refractivity contribution < 1.29 is 14.7 Å². The minimum Gasteiger partial charge on any atom is -0.391 e. The van der Waals surface area contributed by atoms with Crippen molar-refractivity contribution in [1.29, 1.82) is 0 Å². The van der Waals surface area contributed by atoms with Crippen LogP contribution in [0.3, 0.4) is 0 Å². The Balaban J connectivity index is 1.61. The minimum absolute atomic E-state index is 0.0128. The molecule has 1 unspecified atom stereocenters. The monoisotopic (exact) mass is 343 g/mol. The minimum atomic E-state index is -0.761. The molecule has 2 amide bonds. The predicted octanol–water partition coefficient (Wildman–Crippen LogP) is 3.24. The van der Waals surface area contributed by atoms with E-state index in [0.29, 0.717) is 29.0 Å². The summed E-state index contributed by atoms with van der Waals surface area (Å²) in [7, 11) is 0. The lowest BCUT2D eigenvalue weighted by Crippen LogP contribution is -2.37. The van der Waals surface area contributed by atoms with E-state index in [2.05, 4.69) is 0 Å². The van der Waals surface area contributed by atoms with Crippen LogP contribution in [0.5, 0.6) is 0 Å². The number of carbonyl (C=O) groups is 2. The first-order valence-corrected chi connectivity index (χ1v) is 8.23. The molecule has 0 aromatic heterocycles. The van der Waals surface area contributed by atoms with Crippen molar-refractivity contribution in [3.63, 3.8) is 0 Å². The fourth-order valence-electron chi connectivity index (χ4n) is 2.90. The van der Waals surface area contributed by atoms with E-state index in [1.807, 2.05) is 25.1 Å². The van der Waals surface area contributed by atoms with E-state index in [-0.39, 0.29) is 18.4 Å². The Bertz CT molecular complexity index is 768. The van der Waals surface area contributed by atoms with Crippen molar-refractivity contribution in [3.8, 4) is 0 Å². The number of hydrogen-bond acceptors (Lipinski definition) is 3. The Hall–Kier alpha value is -2.17. The van der Waals surface area contributed by atoms with Gasteiger partial charge in [-0.1, -0.05) is 35.9 Å². The molecule has 1 atom stereocenters. The quantitative estimate of drug-likeness (QED) is 0.848. The van der Waals surface area contributed by atoms with Gasteiger partial charge in [0.25, 0.3) is 11.8 Å². The van der Waals surface area contributed by atoms with E-state index in [0.717, 1.165) is 16.0 Å². The molecule has 0 radical (unpaired) electrons. The normalized spacial score (nSPS) is 14.9. The van der Waals surface area contributed by atoms with Crippen molar-refractivity contribution in [2.75, 3.05) is 6.54 Å². The number of aryl methyl sites for hydroxylation is 2. The summed E-state index contributed by atoms with van der Waals surface area (Å²) in [5.74, 6) is -0.672. The summed E-state index contributed by atoms with van der Waals surface area (Å²) in [4.78, 5) is 25.7. The van der Waals surface area contributed by atoms with Crippen molar-refractivity contribution in [2.45, 2.75) is 25.9 Å². The number of hydrogen-bond donors (Lipinski definition) is 1. The molecule has 1 heterocycles. The van der Waals surface area contributed by atoms with Gasteiger partial charge in [-0.25, -0.2) is 0 Å². The van der Waals surface area contributed by atoms with Gasteiger partial charge in [-0.05, 0) is 49.1 Å². The summed E-state index contributed by atoms with van der Waals surface area (Å²) in [5.41, 5.74) is 2.87. The molecule has 0 saturated carbocycles. The number of β-amino-alcohol motifs (C(OH)–C–C–N with tert-alkyl or cyclic N) is 1. The fraction of sp³-hybridized carbons (Fsp3) is 0.263. The van der Waals surface area contributed by atoms with Crippen LogP contribution in [0.4, 0.5) is 0 Å². The maximum absolute atomic E-state index is 12.3. The van der Waals surface area contributed by atoms with E-state index >= 15 is 0 Å². The highest BCUT2D eigenvalue weighted by Gasteiger charge is 2.35. The largest absolute Gasteiger partial charge is 0.391 e. The van der Waals surface area contributed by atoms with Crippen molar-refractivity contribution in [3.05, 3.63) is 69.7 Å². The highest BCUT2D eigenvalue weighted by molar-refractivity contribution is 6.31. The first kappa shape index (κ1) is 16.7. The highest BCUT2D eigenvalue weighted by Crippen LogP contribution is 2.23. The molecule has 24 heavy (non-hydrogen) atoms. The number of aliphatic hydroxyl groups is 1. The Morgan fingerprint density at radius 2 is 1.71 bits per heavy atom. The molecule has 1 aliphatic rings. The van der Waals surface area contributed by atoms with Gasteiger partial charge in [0.05, 0.1) is 23.8 Å². The number of carbonyl (C=O) groups excluding carboxylic acids is 2. The maximum atomic E-state index is 12.3. The highest BCUT2D eigenvalue weighted by atomic mass is 35.5. The molecular formula is C19H18ClNO3. The van der Waals surface area contributed by atoms with Gasteiger partial charge in [-0.3, -0.25) is 14.5 Å². The molecule has 1 N–H and O–H groups in total. The summed E-state index contributed by atoms with van der Waals surface area (Å²) >= 11 is 6.00. The molecule has 4 nitrogen and oxygen atoms in total. The van der Waals surface area contributed by atoms with E-state index in [1.165, 1.54) is 0 Å². The van der Waals surface area contributed by atoms with E-state index in [4.69, 9.17) is 11.6 Å². The van der Waals surface area contributed by atoms with E-state index in [1.54, 1.807) is 24.3 Å². The van der Waals surface area contributed by atoms with Crippen LogP contribution < -0.4 is 0 Å². The van der Waals surface area contributed by atoms with Crippen LogP contribution in [0.1, 0.15) is 38.3 Å². The van der Waals surface area contributed by atoms with E-state index in [9.17, 15) is 14.7 Å². The lowest BCUT2D eigenvalue weighted by Gasteiger charge is -2.18. The van der Waals surface area contributed by atoms with Gasteiger partial charge in [0.2, 0.25) is 0 Å². The number of benzene rings is 2.